The van der Waals surface area contributed by atoms with Gasteiger partial charge in [-0.2, -0.15) is 4.31 Å². The maximum absolute atomic E-state index is 13.0. The zero-order valence-electron chi connectivity index (χ0n) is 13.3. The minimum absolute atomic E-state index is 0.00884. The lowest BCUT2D eigenvalue weighted by molar-refractivity contribution is 0.243. The van der Waals surface area contributed by atoms with Gasteiger partial charge in [-0.15, -0.1) is 0 Å². The zero-order chi connectivity index (χ0) is 16.5. The Labute approximate surface area is 141 Å². The molecule has 1 saturated heterocycles. The van der Waals surface area contributed by atoms with E-state index in [0.717, 1.165) is 18.5 Å². The van der Waals surface area contributed by atoms with Crippen LogP contribution < -0.4 is 10.6 Å². The summed E-state index contributed by atoms with van der Waals surface area (Å²) in [7, 11) is 0.280. The van der Waals surface area contributed by atoms with Gasteiger partial charge in [-0.3, -0.25) is 0 Å². The van der Waals surface area contributed by atoms with E-state index in [2.05, 4.69) is 15.9 Å². The zero-order valence-corrected chi connectivity index (χ0v) is 15.7. The molecule has 2 rings (SSSR count). The number of piperidine rings is 1. The Kier molecular flexibility index (Phi) is 5.53. The Morgan fingerprint density at radius 2 is 2.09 bits per heavy atom. The molecule has 124 valence electrons. The highest BCUT2D eigenvalue weighted by Crippen LogP contribution is 2.31. The number of hydrogen-bond donors (Lipinski definition) is 1. The Balaban J connectivity index is 2.36. The van der Waals surface area contributed by atoms with Gasteiger partial charge in [0, 0.05) is 43.4 Å². The van der Waals surface area contributed by atoms with E-state index in [-0.39, 0.29) is 12.0 Å². The molecule has 0 aliphatic carbocycles. The Morgan fingerprint density at radius 1 is 1.41 bits per heavy atom. The number of nitrogens with two attached hydrogens (primary N) is 1. The van der Waals surface area contributed by atoms with Gasteiger partial charge in [0.25, 0.3) is 0 Å². The molecule has 22 heavy (non-hydrogen) atoms. The molecular weight excluding hydrogens is 366 g/mol. The fourth-order valence-electron chi connectivity index (χ4n) is 2.73. The van der Waals surface area contributed by atoms with E-state index < -0.39 is 10.0 Å². The van der Waals surface area contributed by atoms with Crippen LogP contribution in [0.4, 0.5) is 5.69 Å². The van der Waals surface area contributed by atoms with Crippen molar-refractivity contribution in [3.05, 3.63) is 22.7 Å². The molecule has 2 unspecified atom stereocenters. The first-order valence-corrected chi connectivity index (χ1v) is 9.69. The first-order valence-electron chi connectivity index (χ1n) is 7.46. The summed E-state index contributed by atoms with van der Waals surface area (Å²) in [4.78, 5) is 2.22. The maximum Gasteiger partial charge on any atom is 0.244 e. The number of nitrogens with zero attached hydrogens (tertiary/aromatic N) is 2. The first kappa shape index (κ1) is 17.7. The largest absolute Gasteiger partial charge is 0.378 e. The lowest BCUT2D eigenvalue weighted by Crippen LogP contribution is -2.45. The molecule has 0 spiro atoms. The van der Waals surface area contributed by atoms with Crippen LogP contribution in [0.1, 0.15) is 19.8 Å². The molecule has 1 fully saturated rings. The Bertz CT molecular complexity index is 632. The summed E-state index contributed by atoms with van der Waals surface area (Å²) in [6.07, 6.45) is 1.85. The van der Waals surface area contributed by atoms with Crippen LogP contribution in [-0.4, -0.2) is 45.9 Å². The summed E-state index contributed by atoms with van der Waals surface area (Å²) in [6, 6.07) is 5.41. The topological polar surface area (TPSA) is 66.6 Å². The number of anilines is 1. The molecule has 1 aromatic carbocycles. The van der Waals surface area contributed by atoms with Gasteiger partial charge in [0.2, 0.25) is 10.0 Å². The summed E-state index contributed by atoms with van der Waals surface area (Å²) in [5.41, 5.74) is 6.83. The average molecular weight is 390 g/mol. The van der Waals surface area contributed by atoms with Crippen LogP contribution in [0.3, 0.4) is 0 Å². The fraction of sp³-hybridized carbons (Fsp3) is 0.600. The lowest BCUT2D eigenvalue weighted by atomic mass is 9.93. The van der Waals surface area contributed by atoms with E-state index in [1.54, 1.807) is 16.4 Å². The van der Waals surface area contributed by atoms with Crippen LogP contribution in [0.2, 0.25) is 0 Å². The molecule has 0 amide bonds. The van der Waals surface area contributed by atoms with Crippen LogP contribution in [-0.2, 0) is 10.0 Å². The molecule has 2 atom stereocenters. The molecule has 5 nitrogen and oxygen atoms in total. The van der Waals surface area contributed by atoms with Gasteiger partial charge in [-0.05, 0) is 59.8 Å². The van der Waals surface area contributed by atoms with Crippen molar-refractivity contribution in [2.45, 2.75) is 30.7 Å². The third-order valence-electron chi connectivity index (χ3n) is 4.21. The smallest absolute Gasteiger partial charge is 0.244 e. The summed E-state index contributed by atoms with van der Waals surface area (Å²) in [5.74, 6) is 0.222. The van der Waals surface area contributed by atoms with Gasteiger partial charge in [-0.1, -0.05) is 0 Å². The predicted octanol–water partition coefficient (Wildman–Crippen LogP) is 2.26. The van der Waals surface area contributed by atoms with Crippen LogP contribution in [0.5, 0.6) is 0 Å². The van der Waals surface area contributed by atoms with E-state index in [1.807, 2.05) is 32.0 Å². The Morgan fingerprint density at radius 3 is 2.68 bits per heavy atom. The van der Waals surface area contributed by atoms with Crippen LogP contribution in [0.15, 0.2) is 27.6 Å². The van der Waals surface area contributed by atoms with Crippen LogP contribution in [0, 0.1) is 5.92 Å². The van der Waals surface area contributed by atoms with Gasteiger partial charge < -0.3 is 10.6 Å². The number of halogens is 1. The quantitative estimate of drug-likeness (QED) is 0.857. The van der Waals surface area contributed by atoms with Gasteiger partial charge in [0.15, 0.2) is 0 Å². The Hall–Kier alpha value is -0.630. The summed E-state index contributed by atoms with van der Waals surface area (Å²) in [6.45, 7) is 3.01. The second-order valence-corrected chi connectivity index (χ2v) is 8.89. The van der Waals surface area contributed by atoms with Crippen molar-refractivity contribution in [1.29, 1.82) is 0 Å². The number of hydrogen-bond acceptors (Lipinski definition) is 4. The molecule has 0 radical (unpaired) electrons. The van der Waals surface area contributed by atoms with E-state index in [1.165, 1.54) is 0 Å². The highest BCUT2D eigenvalue weighted by atomic mass is 79.9. The summed E-state index contributed by atoms with van der Waals surface area (Å²) >= 11 is 3.38. The molecule has 1 aliphatic heterocycles. The minimum atomic E-state index is -3.51. The molecule has 0 bridgehead atoms. The number of rotatable bonds is 4. The standard InChI is InChI=1S/C15H24BrN3O2S/c1-11(17)12-5-4-8-19(10-12)22(20,21)15-9-13(18(2)3)6-7-14(15)16/h6-7,9,11-12H,4-5,8,10,17H2,1-3H3. The van der Waals surface area contributed by atoms with Crippen molar-refractivity contribution in [2.24, 2.45) is 11.7 Å². The van der Waals surface area contributed by atoms with Gasteiger partial charge in [0.05, 0.1) is 4.90 Å². The minimum Gasteiger partial charge on any atom is -0.378 e. The normalized spacial score (nSPS) is 21.6. The van der Waals surface area contributed by atoms with Crippen molar-refractivity contribution in [3.8, 4) is 0 Å². The maximum atomic E-state index is 13.0. The second kappa shape index (κ2) is 6.86. The number of sulfonamides is 1. The average Bonchev–Trinajstić information content (AvgIpc) is 2.47. The highest BCUT2D eigenvalue weighted by molar-refractivity contribution is 9.10. The molecule has 0 aromatic heterocycles. The van der Waals surface area contributed by atoms with Crippen LogP contribution >= 0.6 is 15.9 Å². The van der Waals surface area contributed by atoms with Crippen molar-refractivity contribution >= 4 is 31.6 Å². The molecule has 0 saturated carbocycles. The van der Waals surface area contributed by atoms with Crippen molar-refractivity contribution in [3.63, 3.8) is 0 Å². The van der Waals surface area contributed by atoms with E-state index in [4.69, 9.17) is 5.73 Å². The lowest BCUT2D eigenvalue weighted by Gasteiger charge is -2.34. The van der Waals surface area contributed by atoms with E-state index in [0.29, 0.717) is 22.5 Å². The molecule has 2 N–H and O–H groups in total. The second-order valence-electron chi connectivity index (χ2n) is 6.13. The number of benzene rings is 1. The SMILES string of the molecule is CC(N)C1CCCN(S(=O)(=O)c2cc(N(C)C)ccc2Br)C1. The molecular formula is C15H24BrN3O2S. The van der Waals surface area contributed by atoms with Crippen molar-refractivity contribution in [2.75, 3.05) is 32.1 Å². The molecule has 1 aromatic rings. The van der Waals surface area contributed by atoms with Gasteiger partial charge in [-0.25, -0.2) is 8.42 Å². The third kappa shape index (κ3) is 3.64. The first-order chi connectivity index (χ1) is 10.2. The van der Waals surface area contributed by atoms with Gasteiger partial charge >= 0.3 is 0 Å². The van der Waals surface area contributed by atoms with Crippen LogP contribution in [0.25, 0.3) is 0 Å². The molecule has 7 heteroatoms. The van der Waals surface area contributed by atoms with Gasteiger partial charge in [0.1, 0.15) is 0 Å². The highest BCUT2D eigenvalue weighted by Gasteiger charge is 2.32. The van der Waals surface area contributed by atoms with E-state index >= 15 is 0 Å². The fourth-order valence-corrected chi connectivity index (χ4v) is 5.21. The van der Waals surface area contributed by atoms with E-state index in [9.17, 15) is 8.42 Å². The van der Waals surface area contributed by atoms with Crippen molar-refractivity contribution < 1.29 is 8.42 Å². The predicted molar refractivity (Wildman–Crippen MR) is 93.6 cm³/mol. The third-order valence-corrected chi connectivity index (χ3v) is 7.07. The monoisotopic (exact) mass is 389 g/mol. The molecule has 1 heterocycles. The summed E-state index contributed by atoms with van der Waals surface area (Å²) < 4.78 is 28.1. The molecule has 1 aliphatic rings. The summed E-state index contributed by atoms with van der Waals surface area (Å²) in [5, 5.41) is 0. The van der Waals surface area contributed by atoms with Crippen molar-refractivity contribution in [1.82, 2.24) is 4.31 Å².